The quantitative estimate of drug-likeness (QED) is 0.901. The van der Waals surface area contributed by atoms with Gasteiger partial charge in [-0.25, -0.2) is 0 Å². The maximum absolute atomic E-state index is 9.31. The number of aromatic nitrogens is 2. The summed E-state index contributed by atoms with van der Waals surface area (Å²) in [7, 11) is 0. The summed E-state index contributed by atoms with van der Waals surface area (Å²) in [6, 6.07) is 6.48. The van der Waals surface area contributed by atoms with Gasteiger partial charge in [0, 0.05) is 11.3 Å². The maximum atomic E-state index is 9.31. The molecule has 0 saturated carbocycles. The van der Waals surface area contributed by atoms with Gasteiger partial charge in [0.1, 0.15) is 0 Å². The van der Waals surface area contributed by atoms with E-state index >= 15 is 0 Å². The Morgan fingerprint density at radius 1 is 1.11 bits per heavy atom. The second kappa shape index (κ2) is 4.94. The van der Waals surface area contributed by atoms with Crippen molar-refractivity contribution >= 4 is 0 Å². The van der Waals surface area contributed by atoms with Crippen LogP contribution in [-0.2, 0) is 13.2 Å². The zero-order chi connectivity index (χ0) is 13.3. The molecule has 96 valence electrons. The molecule has 18 heavy (non-hydrogen) atoms. The van der Waals surface area contributed by atoms with E-state index in [1.165, 1.54) is 16.7 Å². The van der Waals surface area contributed by atoms with Crippen LogP contribution in [0.15, 0.2) is 18.2 Å². The molecule has 0 bridgehead atoms. The monoisotopic (exact) mass is 244 g/mol. The normalized spacial score (nSPS) is 10.9. The maximum Gasteiger partial charge on any atom is 0.0718 e. The van der Waals surface area contributed by atoms with Crippen molar-refractivity contribution < 1.29 is 5.11 Å². The van der Waals surface area contributed by atoms with Gasteiger partial charge >= 0.3 is 0 Å². The highest BCUT2D eigenvalue weighted by atomic mass is 16.3. The van der Waals surface area contributed by atoms with Crippen molar-refractivity contribution in [2.45, 2.75) is 40.8 Å². The molecule has 0 aliphatic heterocycles. The second-order valence-electron chi connectivity index (χ2n) is 4.88. The van der Waals surface area contributed by atoms with E-state index in [0.717, 1.165) is 23.5 Å². The summed E-state index contributed by atoms with van der Waals surface area (Å²) in [6.07, 6.45) is 0. The highest BCUT2D eigenvalue weighted by Gasteiger charge is 2.10. The van der Waals surface area contributed by atoms with Gasteiger partial charge in [-0.3, -0.25) is 4.68 Å². The highest BCUT2D eigenvalue weighted by molar-refractivity contribution is 5.31. The Hall–Kier alpha value is -1.61. The van der Waals surface area contributed by atoms with Crippen LogP contribution in [0, 0.1) is 27.7 Å². The molecule has 1 heterocycles. The summed E-state index contributed by atoms with van der Waals surface area (Å²) in [5, 5.41) is 13.8. The lowest BCUT2D eigenvalue weighted by atomic mass is 10.1. The van der Waals surface area contributed by atoms with E-state index in [1.54, 1.807) is 0 Å². The SMILES string of the molecule is Cc1ccc(Cn2nc(C)c(CO)c2C)cc1C. The average Bonchev–Trinajstić information content (AvgIpc) is 2.59. The molecule has 0 radical (unpaired) electrons. The zero-order valence-corrected chi connectivity index (χ0v) is 11.5. The Balaban J connectivity index is 2.31. The fourth-order valence-electron chi connectivity index (χ4n) is 2.19. The van der Waals surface area contributed by atoms with Gasteiger partial charge in [0.25, 0.3) is 0 Å². The second-order valence-corrected chi connectivity index (χ2v) is 4.88. The lowest BCUT2D eigenvalue weighted by Crippen LogP contribution is -2.04. The topological polar surface area (TPSA) is 38.0 Å². The van der Waals surface area contributed by atoms with Crippen LogP contribution in [0.3, 0.4) is 0 Å². The third kappa shape index (κ3) is 2.31. The van der Waals surface area contributed by atoms with E-state index in [0.29, 0.717) is 0 Å². The van der Waals surface area contributed by atoms with Crippen molar-refractivity contribution in [3.05, 3.63) is 51.8 Å². The largest absolute Gasteiger partial charge is 0.392 e. The summed E-state index contributed by atoms with van der Waals surface area (Å²) in [5.74, 6) is 0. The predicted octanol–water partition coefficient (Wildman–Crippen LogP) is 2.66. The van der Waals surface area contributed by atoms with Crippen LogP contribution in [-0.4, -0.2) is 14.9 Å². The van der Waals surface area contributed by atoms with Gasteiger partial charge in [-0.2, -0.15) is 5.10 Å². The van der Waals surface area contributed by atoms with Gasteiger partial charge < -0.3 is 5.11 Å². The van der Waals surface area contributed by atoms with Gasteiger partial charge in [-0.15, -0.1) is 0 Å². The van der Waals surface area contributed by atoms with Gasteiger partial charge in [0.05, 0.1) is 18.8 Å². The molecule has 2 aromatic rings. The number of rotatable bonds is 3. The van der Waals surface area contributed by atoms with Crippen LogP contribution in [0.1, 0.15) is 33.6 Å². The first-order chi connectivity index (χ1) is 8.52. The number of hydrogen-bond acceptors (Lipinski definition) is 2. The molecule has 1 aromatic heterocycles. The molecular formula is C15H20N2O. The van der Waals surface area contributed by atoms with Crippen molar-refractivity contribution in [3.63, 3.8) is 0 Å². The minimum Gasteiger partial charge on any atom is -0.392 e. The third-order valence-corrected chi connectivity index (χ3v) is 3.59. The predicted molar refractivity (Wildman–Crippen MR) is 72.6 cm³/mol. The Morgan fingerprint density at radius 3 is 2.39 bits per heavy atom. The minimum atomic E-state index is 0.0601. The number of benzene rings is 1. The van der Waals surface area contributed by atoms with Gasteiger partial charge in [0.2, 0.25) is 0 Å². The summed E-state index contributed by atoms with van der Waals surface area (Å²) in [4.78, 5) is 0. The van der Waals surface area contributed by atoms with Crippen LogP contribution in [0.25, 0.3) is 0 Å². The van der Waals surface area contributed by atoms with Gasteiger partial charge in [-0.05, 0) is 44.4 Å². The molecule has 3 nitrogen and oxygen atoms in total. The number of hydrogen-bond donors (Lipinski definition) is 1. The van der Waals surface area contributed by atoms with Crippen molar-refractivity contribution in [2.75, 3.05) is 0 Å². The summed E-state index contributed by atoms with van der Waals surface area (Å²) in [5.41, 5.74) is 6.76. The fourth-order valence-corrected chi connectivity index (χ4v) is 2.19. The van der Waals surface area contributed by atoms with Crippen molar-refractivity contribution in [3.8, 4) is 0 Å². The number of aliphatic hydroxyl groups excluding tert-OH is 1. The molecule has 0 unspecified atom stereocenters. The fraction of sp³-hybridized carbons (Fsp3) is 0.400. The summed E-state index contributed by atoms with van der Waals surface area (Å²) in [6.45, 7) is 9.01. The molecule has 0 atom stereocenters. The zero-order valence-electron chi connectivity index (χ0n) is 11.5. The summed E-state index contributed by atoms with van der Waals surface area (Å²) < 4.78 is 1.96. The molecule has 0 fully saturated rings. The van der Waals surface area contributed by atoms with E-state index in [4.69, 9.17) is 0 Å². The number of aliphatic hydroxyl groups is 1. The summed E-state index contributed by atoms with van der Waals surface area (Å²) >= 11 is 0. The van der Waals surface area contributed by atoms with Gasteiger partial charge in [-0.1, -0.05) is 18.2 Å². The van der Waals surface area contributed by atoms with Crippen LogP contribution < -0.4 is 0 Å². The molecule has 0 aliphatic carbocycles. The Bertz CT molecular complexity index is 570. The van der Waals surface area contributed by atoms with E-state index in [-0.39, 0.29) is 6.61 Å². The van der Waals surface area contributed by atoms with Gasteiger partial charge in [0.15, 0.2) is 0 Å². The van der Waals surface area contributed by atoms with Crippen molar-refractivity contribution in [1.29, 1.82) is 0 Å². The molecule has 1 N–H and O–H groups in total. The van der Waals surface area contributed by atoms with E-state index < -0.39 is 0 Å². The Kier molecular flexibility index (Phi) is 3.53. The Labute approximate surface area is 108 Å². The van der Waals surface area contributed by atoms with Crippen molar-refractivity contribution in [2.24, 2.45) is 0 Å². The van der Waals surface area contributed by atoms with E-state index in [1.807, 2.05) is 18.5 Å². The van der Waals surface area contributed by atoms with Crippen LogP contribution in [0.5, 0.6) is 0 Å². The first-order valence-electron chi connectivity index (χ1n) is 6.22. The molecule has 0 aliphatic rings. The molecule has 1 aromatic carbocycles. The third-order valence-electron chi connectivity index (χ3n) is 3.59. The molecule has 3 heteroatoms. The lowest BCUT2D eigenvalue weighted by Gasteiger charge is -2.07. The average molecular weight is 244 g/mol. The lowest BCUT2D eigenvalue weighted by molar-refractivity contribution is 0.280. The highest BCUT2D eigenvalue weighted by Crippen LogP contribution is 2.16. The molecule has 0 saturated heterocycles. The number of nitrogens with zero attached hydrogens (tertiary/aromatic N) is 2. The molecule has 0 spiro atoms. The molecule has 0 amide bonds. The first-order valence-corrected chi connectivity index (χ1v) is 6.22. The first kappa shape index (κ1) is 12.8. The van der Waals surface area contributed by atoms with Crippen LogP contribution >= 0.6 is 0 Å². The van der Waals surface area contributed by atoms with E-state index in [2.05, 4.69) is 37.1 Å². The molecular weight excluding hydrogens is 224 g/mol. The van der Waals surface area contributed by atoms with Crippen LogP contribution in [0.4, 0.5) is 0 Å². The number of aryl methyl sites for hydroxylation is 3. The smallest absolute Gasteiger partial charge is 0.0718 e. The minimum absolute atomic E-state index is 0.0601. The van der Waals surface area contributed by atoms with Crippen molar-refractivity contribution in [1.82, 2.24) is 9.78 Å². The van der Waals surface area contributed by atoms with E-state index in [9.17, 15) is 5.11 Å². The molecule has 2 rings (SSSR count). The Morgan fingerprint density at radius 2 is 1.83 bits per heavy atom. The van der Waals surface area contributed by atoms with Crippen LogP contribution in [0.2, 0.25) is 0 Å². The standard InChI is InChI=1S/C15H20N2O/c1-10-5-6-14(7-11(10)2)8-17-13(4)15(9-18)12(3)16-17/h5-7,18H,8-9H2,1-4H3.